The van der Waals surface area contributed by atoms with E-state index in [1.807, 2.05) is 50.4 Å². The highest BCUT2D eigenvalue weighted by Gasteiger charge is 2.28. The number of likely N-dealkylation sites (N-methyl/N-ethyl adjacent to an activating group) is 1. The highest BCUT2D eigenvalue weighted by atomic mass is 16.5. The number of carbonyl (C=O) groups is 1. The Hall–Kier alpha value is -3.84. The van der Waals surface area contributed by atoms with Gasteiger partial charge in [0.1, 0.15) is 23.2 Å². The second-order valence-corrected chi connectivity index (χ2v) is 8.41. The standard InChI is InChI=1S/C26H25N3O4/c1-15-8-19-9-18(11-21(25(19)32-15)16-6-7-28-20(10-16)13-27)23-14-29(2)22-5-3-4-17(12-24(30)31)26(22)33-23/h3-11,23H,12-14,27H2,1-2H3,(H,30,31). The van der Waals surface area contributed by atoms with Gasteiger partial charge >= 0.3 is 5.97 Å². The Morgan fingerprint density at radius 1 is 1.24 bits per heavy atom. The van der Waals surface area contributed by atoms with Crippen molar-refractivity contribution >= 4 is 22.6 Å². The molecule has 0 saturated heterocycles. The van der Waals surface area contributed by atoms with Crippen LogP contribution in [0.3, 0.4) is 0 Å². The summed E-state index contributed by atoms with van der Waals surface area (Å²) in [6, 6.07) is 15.7. The van der Waals surface area contributed by atoms with Crippen LogP contribution in [0.1, 0.15) is 28.7 Å². The summed E-state index contributed by atoms with van der Waals surface area (Å²) >= 11 is 0. The lowest BCUT2D eigenvalue weighted by atomic mass is 9.96. The molecule has 1 aliphatic rings. The summed E-state index contributed by atoms with van der Waals surface area (Å²) in [4.78, 5) is 17.8. The van der Waals surface area contributed by atoms with Crippen LogP contribution in [0.4, 0.5) is 5.69 Å². The van der Waals surface area contributed by atoms with Crippen molar-refractivity contribution in [3.63, 3.8) is 0 Å². The molecular formula is C26H25N3O4. The fourth-order valence-corrected chi connectivity index (χ4v) is 4.47. The van der Waals surface area contributed by atoms with Crippen LogP contribution in [0.15, 0.2) is 59.1 Å². The molecule has 0 bridgehead atoms. The van der Waals surface area contributed by atoms with Crippen LogP contribution in [0.25, 0.3) is 22.1 Å². The molecule has 0 fully saturated rings. The van der Waals surface area contributed by atoms with E-state index in [1.54, 1.807) is 6.20 Å². The van der Waals surface area contributed by atoms with Crippen LogP contribution in [0, 0.1) is 6.92 Å². The van der Waals surface area contributed by atoms with Gasteiger partial charge in [0.2, 0.25) is 0 Å². The molecule has 0 amide bonds. The first-order chi connectivity index (χ1) is 15.9. The van der Waals surface area contributed by atoms with Gasteiger partial charge in [0.15, 0.2) is 0 Å². The maximum Gasteiger partial charge on any atom is 0.307 e. The summed E-state index contributed by atoms with van der Waals surface area (Å²) in [7, 11) is 2.00. The number of para-hydroxylation sites is 1. The summed E-state index contributed by atoms with van der Waals surface area (Å²) in [5.41, 5.74) is 11.9. The minimum absolute atomic E-state index is 0.0895. The molecule has 1 unspecified atom stereocenters. The van der Waals surface area contributed by atoms with Crippen LogP contribution in [0.2, 0.25) is 0 Å². The lowest BCUT2D eigenvalue weighted by Gasteiger charge is -2.35. The third-order valence-corrected chi connectivity index (χ3v) is 6.00. The number of hydrogen-bond acceptors (Lipinski definition) is 6. The first-order valence-electron chi connectivity index (χ1n) is 10.8. The van der Waals surface area contributed by atoms with Crippen molar-refractivity contribution in [1.29, 1.82) is 0 Å². The molecule has 3 N–H and O–H groups in total. The van der Waals surface area contributed by atoms with Gasteiger partial charge in [-0.15, -0.1) is 0 Å². The molecule has 0 spiro atoms. The van der Waals surface area contributed by atoms with Crippen molar-refractivity contribution in [2.45, 2.75) is 26.0 Å². The van der Waals surface area contributed by atoms with E-state index < -0.39 is 5.97 Å². The molecule has 0 saturated carbocycles. The average Bonchev–Trinajstić information content (AvgIpc) is 3.18. The van der Waals surface area contributed by atoms with Crippen molar-refractivity contribution in [1.82, 2.24) is 4.98 Å². The van der Waals surface area contributed by atoms with Crippen LogP contribution in [0.5, 0.6) is 5.75 Å². The van der Waals surface area contributed by atoms with Gasteiger partial charge in [-0.25, -0.2) is 0 Å². The van der Waals surface area contributed by atoms with E-state index in [9.17, 15) is 9.90 Å². The Balaban J connectivity index is 1.62. The smallest absolute Gasteiger partial charge is 0.307 e. The van der Waals surface area contributed by atoms with E-state index in [-0.39, 0.29) is 12.5 Å². The fourth-order valence-electron chi connectivity index (χ4n) is 4.47. The number of pyridine rings is 1. The number of anilines is 1. The number of ether oxygens (including phenoxy) is 1. The van der Waals surface area contributed by atoms with Gasteiger partial charge < -0.3 is 24.9 Å². The van der Waals surface area contributed by atoms with E-state index >= 15 is 0 Å². The summed E-state index contributed by atoms with van der Waals surface area (Å²) in [6.07, 6.45) is 1.39. The van der Waals surface area contributed by atoms with Gasteiger partial charge in [0.25, 0.3) is 0 Å². The van der Waals surface area contributed by atoms with E-state index in [2.05, 4.69) is 22.0 Å². The van der Waals surface area contributed by atoms with E-state index in [0.29, 0.717) is 24.4 Å². The van der Waals surface area contributed by atoms with Gasteiger partial charge in [0, 0.05) is 36.3 Å². The zero-order chi connectivity index (χ0) is 23.1. The summed E-state index contributed by atoms with van der Waals surface area (Å²) < 4.78 is 12.5. The number of carboxylic acids is 1. The Morgan fingerprint density at radius 3 is 2.88 bits per heavy atom. The number of rotatable bonds is 5. The number of carboxylic acid groups (broad SMARTS) is 1. The van der Waals surface area contributed by atoms with Crippen LogP contribution in [-0.2, 0) is 17.8 Å². The maximum atomic E-state index is 11.4. The van der Waals surface area contributed by atoms with Crippen molar-refractivity contribution in [2.75, 3.05) is 18.5 Å². The Bertz CT molecular complexity index is 1360. The largest absolute Gasteiger partial charge is 0.481 e. The van der Waals surface area contributed by atoms with Gasteiger partial charge in [-0.05, 0) is 54.4 Å². The molecule has 7 nitrogen and oxygen atoms in total. The molecule has 2 aromatic heterocycles. The number of nitrogens with two attached hydrogens (primary N) is 1. The molecule has 4 aromatic rings. The molecule has 2 aromatic carbocycles. The molecule has 5 rings (SSSR count). The first-order valence-corrected chi connectivity index (χ1v) is 10.8. The third kappa shape index (κ3) is 3.91. The predicted molar refractivity (Wildman–Crippen MR) is 126 cm³/mol. The fraction of sp³-hybridized carbons (Fsp3) is 0.231. The minimum Gasteiger partial charge on any atom is -0.481 e. The predicted octanol–water partition coefficient (Wildman–Crippen LogP) is 4.46. The number of nitrogens with zero attached hydrogens (tertiary/aromatic N) is 2. The number of furan rings is 1. The maximum absolute atomic E-state index is 11.4. The molecule has 0 aliphatic carbocycles. The van der Waals surface area contributed by atoms with Crippen LogP contribution >= 0.6 is 0 Å². The van der Waals surface area contributed by atoms with E-state index in [4.69, 9.17) is 14.9 Å². The lowest BCUT2D eigenvalue weighted by molar-refractivity contribution is -0.136. The van der Waals surface area contributed by atoms with Gasteiger partial charge in [0.05, 0.1) is 24.3 Å². The lowest BCUT2D eigenvalue weighted by Crippen LogP contribution is -2.32. The third-order valence-electron chi connectivity index (χ3n) is 6.00. The molecular weight excluding hydrogens is 418 g/mol. The number of benzene rings is 2. The molecule has 33 heavy (non-hydrogen) atoms. The summed E-state index contributed by atoms with van der Waals surface area (Å²) in [5, 5.41) is 10.3. The first kappa shape index (κ1) is 21.0. The normalized spacial score (nSPS) is 15.4. The van der Waals surface area contributed by atoms with Crippen LogP contribution in [-0.4, -0.2) is 29.7 Å². The molecule has 0 radical (unpaired) electrons. The number of aryl methyl sites for hydroxylation is 1. The number of aromatic nitrogens is 1. The van der Waals surface area contributed by atoms with Crippen LogP contribution < -0.4 is 15.4 Å². The second-order valence-electron chi connectivity index (χ2n) is 8.41. The second kappa shape index (κ2) is 8.26. The minimum atomic E-state index is -0.886. The monoisotopic (exact) mass is 443 g/mol. The number of hydrogen-bond donors (Lipinski definition) is 2. The molecule has 1 aliphatic heterocycles. The quantitative estimate of drug-likeness (QED) is 0.469. The Morgan fingerprint density at radius 2 is 2.09 bits per heavy atom. The van der Waals surface area contributed by atoms with Gasteiger partial charge in [-0.2, -0.15) is 0 Å². The van der Waals surface area contributed by atoms with Crippen molar-refractivity contribution in [3.8, 4) is 16.9 Å². The zero-order valence-electron chi connectivity index (χ0n) is 18.5. The number of fused-ring (bicyclic) bond motifs is 2. The number of aliphatic carboxylic acids is 1. The van der Waals surface area contributed by atoms with Crippen molar-refractivity contribution in [3.05, 3.63) is 77.3 Å². The van der Waals surface area contributed by atoms with Gasteiger partial charge in [-0.1, -0.05) is 12.1 Å². The summed E-state index contributed by atoms with van der Waals surface area (Å²) in [5.74, 6) is 0.563. The summed E-state index contributed by atoms with van der Waals surface area (Å²) in [6.45, 7) is 2.92. The Kier molecular flexibility index (Phi) is 5.26. The van der Waals surface area contributed by atoms with E-state index in [1.165, 1.54) is 0 Å². The Labute approximate surface area is 191 Å². The molecule has 168 valence electrons. The topological polar surface area (TPSA) is 102 Å². The zero-order valence-corrected chi connectivity index (χ0v) is 18.5. The molecule has 7 heteroatoms. The van der Waals surface area contributed by atoms with Crippen molar-refractivity contribution < 1.29 is 19.1 Å². The highest BCUT2D eigenvalue weighted by Crippen LogP contribution is 2.42. The average molecular weight is 444 g/mol. The van der Waals surface area contributed by atoms with E-state index in [0.717, 1.165) is 44.8 Å². The SMILES string of the molecule is Cc1cc2cc(C3CN(C)c4cccc(CC(=O)O)c4O3)cc(-c3ccnc(CN)c3)c2o1. The van der Waals surface area contributed by atoms with Crippen molar-refractivity contribution in [2.24, 2.45) is 5.73 Å². The molecule has 3 heterocycles. The van der Waals surface area contributed by atoms with Gasteiger partial charge in [-0.3, -0.25) is 9.78 Å². The highest BCUT2D eigenvalue weighted by molar-refractivity contribution is 5.93. The molecule has 1 atom stereocenters.